The maximum absolute atomic E-state index is 12.0. The fourth-order valence-electron chi connectivity index (χ4n) is 3.14. The fourth-order valence-corrected chi connectivity index (χ4v) is 3.14. The van der Waals surface area contributed by atoms with Gasteiger partial charge in [-0.15, -0.1) is 0 Å². The van der Waals surface area contributed by atoms with Gasteiger partial charge in [0, 0.05) is 18.2 Å². The van der Waals surface area contributed by atoms with Crippen molar-refractivity contribution >= 4 is 17.3 Å². The van der Waals surface area contributed by atoms with Crippen LogP contribution in [0.2, 0.25) is 0 Å². The van der Waals surface area contributed by atoms with Crippen molar-refractivity contribution in [3.8, 4) is 6.07 Å². The molecule has 0 atom stereocenters. The van der Waals surface area contributed by atoms with Crippen LogP contribution in [0.4, 0.5) is 11.4 Å². The molecule has 8 heteroatoms. The highest BCUT2D eigenvalue weighted by molar-refractivity contribution is 5.93. The largest absolute Gasteiger partial charge is 0.472 e. The number of furan rings is 1. The van der Waals surface area contributed by atoms with Gasteiger partial charge in [-0.25, -0.2) is 0 Å². The Morgan fingerprint density at radius 3 is 2.58 bits per heavy atom. The van der Waals surface area contributed by atoms with Gasteiger partial charge in [0.25, 0.3) is 11.6 Å². The van der Waals surface area contributed by atoms with E-state index >= 15 is 0 Å². The third-order valence-corrected chi connectivity index (χ3v) is 4.53. The molecule has 1 aromatic heterocycles. The number of nitro groups is 1. The molecule has 0 radical (unpaired) electrons. The van der Waals surface area contributed by atoms with Gasteiger partial charge in [-0.05, 0) is 43.9 Å². The fraction of sp³-hybridized carbons (Fsp3) is 0.333. The summed E-state index contributed by atoms with van der Waals surface area (Å²) in [4.78, 5) is 22.8. The minimum atomic E-state index is -0.486. The molecular weight excluding hydrogens is 336 g/mol. The standard InChI is InChI=1S/C18H18N4O4/c19-10-12-1-6-16(17(9-12)22(24)25)20-14-2-4-15(5-3-14)21-18(23)13-7-8-26-11-13/h1,6-9,11,14-15,20H,2-5H2,(H,21,23). The van der Waals surface area contributed by atoms with Gasteiger partial charge in [0.15, 0.2) is 0 Å². The molecule has 0 unspecified atom stereocenters. The Balaban J connectivity index is 1.57. The number of carbonyl (C=O) groups excluding carboxylic acids is 1. The topological polar surface area (TPSA) is 121 Å². The Kier molecular flexibility index (Phi) is 5.17. The molecule has 1 aromatic carbocycles. The van der Waals surface area contributed by atoms with Gasteiger partial charge in [0.05, 0.1) is 28.4 Å². The second-order valence-corrected chi connectivity index (χ2v) is 6.28. The lowest BCUT2D eigenvalue weighted by atomic mass is 9.90. The summed E-state index contributed by atoms with van der Waals surface area (Å²) >= 11 is 0. The molecule has 1 amide bonds. The van der Waals surface area contributed by atoms with E-state index in [1.54, 1.807) is 18.2 Å². The van der Waals surface area contributed by atoms with Crippen molar-refractivity contribution in [3.63, 3.8) is 0 Å². The van der Waals surface area contributed by atoms with E-state index in [1.165, 1.54) is 18.6 Å². The highest BCUT2D eigenvalue weighted by Gasteiger charge is 2.25. The molecule has 26 heavy (non-hydrogen) atoms. The number of carbonyl (C=O) groups is 1. The Morgan fingerprint density at radius 1 is 1.23 bits per heavy atom. The van der Waals surface area contributed by atoms with Crippen LogP contribution in [-0.4, -0.2) is 22.9 Å². The van der Waals surface area contributed by atoms with E-state index in [1.807, 2.05) is 6.07 Å². The van der Waals surface area contributed by atoms with Crippen molar-refractivity contribution in [2.45, 2.75) is 37.8 Å². The highest BCUT2D eigenvalue weighted by atomic mass is 16.6. The lowest BCUT2D eigenvalue weighted by Gasteiger charge is -2.30. The summed E-state index contributed by atoms with van der Waals surface area (Å²) in [6.07, 6.45) is 6.00. The minimum absolute atomic E-state index is 0.0754. The molecule has 1 heterocycles. The van der Waals surface area contributed by atoms with Crippen molar-refractivity contribution in [1.29, 1.82) is 5.26 Å². The number of hydrogen-bond acceptors (Lipinski definition) is 6. The van der Waals surface area contributed by atoms with Crippen LogP contribution < -0.4 is 10.6 Å². The first kappa shape index (κ1) is 17.5. The summed E-state index contributed by atoms with van der Waals surface area (Å²) < 4.78 is 4.91. The Hall–Kier alpha value is -3.34. The molecule has 1 aliphatic rings. The maximum Gasteiger partial charge on any atom is 0.293 e. The number of nitriles is 1. The number of amides is 1. The van der Waals surface area contributed by atoms with Gasteiger partial charge in [-0.1, -0.05) is 0 Å². The number of benzene rings is 1. The third-order valence-electron chi connectivity index (χ3n) is 4.53. The van der Waals surface area contributed by atoms with E-state index in [-0.39, 0.29) is 29.2 Å². The molecule has 134 valence electrons. The van der Waals surface area contributed by atoms with E-state index < -0.39 is 4.92 Å². The summed E-state index contributed by atoms with van der Waals surface area (Å²) in [6.45, 7) is 0. The van der Waals surface area contributed by atoms with E-state index in [2.05, 4.69) is 10.6 Å². The molecular formula is C18H18N4O4. The molecule has 3 rings (SSSR count). The maximum atomic E-state index is 12.0. The Bertz CT molecular complexity index is 833. The number of anilines is 1. The smallest absolute Gasteiger partial charge is 0.293 e. The number of hydrogen-bond donors (Lipinski definition) is 2. The average molecular weight is 354 g/mol. The first-order chi connectivity index (χ1) is 12.6. The van der Waals surface area contributed by atoms with Crippen LogP contribution in [0.25, 0.3) is 0 Å². The zero-order valence-corrected chi connectivity index (χ0v) is 14.0. The van der Waals surface area contributed by atoms with Crippen LogP contribution in [0.1, 0.15) is 41.6 Å². The second kappa shape index (κ2) is 7.70. The zero-order chi connectivity index (χ0) is 18.5. The first-order valence-corrected chi connectivity index (χ1v) is 8.35. The van der Waals surface area contributed by atoms with Crippen LogP contribution in [0, 0.1) is 21.4 Å². The Labute approximate surface area is 150 Å². The summed E-state index contributed by atoms with van der Waals surface area (Å²) in [5.41, 5.74) is 1.07. The molecule has 8 nitrogen and oxygen atoms in total. The van der Waals surface area contributed by atoms with Crippen molar-refractivity contribution in [2.75, 3.05) is 5.32 Å². The molecule has 1 aliphatic carbocycles. The van der Waals surface area contributed by atoms with Gasteiger partial charge in [-0.2, -0.15) is 5.26 Å². The number of nitrogens with zero attached hydrogens (tertiary/aromatic N) is 2. The zero-order valence-electron chi connectivity index (χ0n) is 14.0. The van der Waals surface area contributed by atoms with Crippen molar-refractivity contribution in [2.24, 2.45) is 0 Å². The Morgan fingerprint density at radius 2 is 1.96 bits per heavy atom. The van der Waals surface area contributed by atoms with Crippen LogP contribution in [0.5, 0.6) is 0 Å². The quantitative estimate of drug-likeness (QED) is 0.628. The normalized spacial score (nSPS) is 19.3. The van der Waals surface area contributed by atoms with Gasteiger partial charge in [0.2, 0.25) is 0 Å². The highest BCUT2D eigenvalue weighted by Crippen LogP contribution is 2.29. The summed E-state index contributed by atoms with van der Waals surface area (Å²) in [5, 5.41) is 26.3. The van der Waals surface area contributed by atoms with E-state index in [4.69, 9.17) is 9.68 Å². The second-order valence-electron chi connectivity index (χ2n) is 6.28. The molecule has 1 fully saturated rings. The summed E-state index contributed by atoms with van der Waals surface area (Å²) in [6, 6.07) is 8.10. The summed E-state index contributed by atoms with van der Waals surface area (Å²) in [7, 11) is 0. The molecule has 0 aliphatic heterocycles. The van der Waals surface area contributed by atoms with E-state index in [0.717, 1.165) is 25.7 Å². The number of nitrogens with one attached hydrogen (secondary N) is 2. The van der Waals surface area contributed by atoms with Crippen molar-refractivity contribution in [3.05, 3.63) is 58.0 Å². The van der Waals surface area contributed by atoms with Crippen LogP contribution in [0.15, 0.2) is 41.2 Å². The molecule has 2 N–H and O–H groups in total. The van der Waals surface area contributed by atoms with Gasteiger partial charge in [-0.3, -0.25) is 14.9 Å². The monoisotopic (exact) mass is 354 g/mol. The number of rotatable bonds is 5. The summed E-state index contributed by atoms with van der Waals surface area (Å²) in [5.74, 6) is -0.155. The molecule has 2 aromatic rings. The van der Waals surface area contributed by atoms with Crippen LogP contribution in [0.3, 0.4) is 0 Å². The van der Waals surface area contributed by atoms with Crippen LogP contribution >= 0.6 is 0 Å². The van der Waals surface area contributed by atoms with Crippen molar-refractivity contribution in [1.82, 2.24) is 5.32 Å². The first-order valence-electron chi connectivity index (χ1n) is 8.35. The predicted octanol–water partition coefficient (Wildman–Crippen LogP) is 3.21. The molecule has 0 saturated heterocycles. The third kappa shape index (κ3) is 4.00. The predicted molar refractivity (Wildman–Crippen MR) is 93.7 cm³/mol. The van der Waals surface area contributed by atoms with E-state index in [0.29, 0.717) is 11.3 Å². The molecule has 1 saturated carbocycles. The number of nitro benzene ring substituents is 1. The lowest BCUT2D eigenvalue weighted by Crippen LogP contribution is -2.40. The molecule has 0 spiro atoms. The molecule has 0 bridgehead atoms. The van der Waals surface area contributed by atoms with Gasteiger partial charge >= 0.3 is 0 Å². The van der Waals surface area contributed by atoms with Crippen molar-refractivity contribution < 1.29 is 14.1 Å². The van der Waals surface area contributed by atoms with Gasteiger partial charge in [0.1, 0.15) is 12.0 Å². The van der Waals surface area contributed by atoms with Gasteiger partial charge < -0.3 is 15.1 Å². The van der Waals surface area contributed by atoms with Crippen LogP contribution in [-0.2, 0) is 0 Å². The van der Waals surface area contributed by atoms with E-state index in [9.17, 15) is 14.9 Å². The minimum Gasteiger partial charge on any atom is -0.472 e. The average Bonchev–Trinajstić information content (AvgIpc) is 3.18. The lowest BCUT2D eigenvalue weighted by molar-refractivity contribution is -0.384. The SMILES string of the molecule is N#Cc1ccc(NC2CCC(NC(=O)c3ccoc3)CC2)c([N+](=O)[O-])c1.